The third-order valence-electron chi connectivity index (χ3n) is 3.70. The monoisotopic (exact) mass is 239 g/mol. The van der Waals surface area contributed by atoms with Crippen molar-refractivity contribution in [2.75, 3.05) is 32.8 Å². The van der Waals surface area contributed by atoms with Crippen LogP contribution in [0.1, 0.15) is 46.5 Å². The topological polar surface area (TPSA) is 12.5 Å². The zero-order chi connectivity index (χ0) is 12.5. The maximum Gasteiger partial charge on any atom is 0.0593 e. The summed E-state index contributed by atoms with van der Waals surface area (Å²) in [5, 5.41) is 0. The normalized spacial score (nSPS) is 23.0. The van der Waals surface area contributed by atoms with Crippen LogP contribution in [0, 0.1) is 5.92 Å². The molecule has 1 atom stereocenters. The minimum absolute atomic E-state index is 0.801. The lowest BCUT2D eigenvalue weighted by Gasteiger charge is -2.34. The summed E-state index contributed by atoms with van der Waals surface area (Å²) in [5.74, 6) is 0.801. The second-order valence-electron chi connectivity index (χ2n) is 4.95. The van der Waals surface area contributed by atoms with Gasteiger partial charge in [0.25, 0.3) is 0 Å². The van der Waals surface area contributed by atoms with Gasteiger partial charge in [-0.1, -0.05) is 25.0 Å². The van der Waals surface area contributed by atoms with Crippen LogP contribution >= 0.6 is 0 Å². The molecule has 0 saturated carbocycles. The van der Waals surface area contributed by atoms with Crippen LogP contribution in [0.3, 0.4) is 0 Å². The van der Waals surface area contributed by atoms with Gasteiger partial charge in [0.05, 0.1) is 6.61 Å². The third kappa shape index (κ3) is 5.22. The summed E-state index contributed by atoms with van der Waals surface area (Å²) in [6, 6.07) is 0. The van der Waals surface area contributed by atoms with E-state index in [-0.39, 0.29) is 0 Å². The number of hydrogen-bond acceptors (Lipinski definition) is 2. The molecule has 0 aromatic heterocycles. The fraction of sp³-hybridized carbons (Fsp3) is 0.867. The van der Waals surface area contributed by atoms with Crippen LogP contribution in [0.25, 0.3) is 0 Å². The number of piperidine rings is 1. The second-order valence-corrected chi connectivity index (χ2v) is 4.95. The van der Waals surface area contributed by atoms with Gasteiger partial charge < -0.3 is 9.64 Å². The molecule has 0 radical (unpaired) electrons. The average Bonchev–Trinajstić information content (AvgIpc) is 2.36. The van der Waals surface area contributed by atoms with Crippen molar-refractivity contribution in [3.05, 3.63) is 11.6 Å². The molecular formula is C15H29NO. The average molecular weight is 239 g/mol. The molecule has 0 amide bonds. The number of ether oxygens (including phenoxy) is 1. The van der Waals surface area contributed by atoms with E-state index in [2.05, 4.69) is 31.7 Å². The van der Waals surface area contributed by atoms with Gasteiger partial charge >= 0.3 is 0 Å². The highest BCUT2D eigenvalue weighted by Crippen LogP contribution is 2.26. The Morgan fingerprint density at radius 2 is 2.24 bits per heavy atom. The molecule has 1 aliphatic heterocycles. The van der Waals surface area contributed by atoms with Gasteiger partial charge in [-0.05, 0) is 45.6 Å². The van der Waals surface area contributed by atoms with Crippen molar-refractivity contribution in [3.63, 3.8) is 0 Å². The second kappa shape index (κ2) is 8.71. The molecular weight excluding hydrogens is 210 g/mol. The van der Waals surface area contributed by atoms with Crippen LogP contribution < -0.4 is 0 Å². The smallest absolute Gasteiger partial charge is 0.0593 e. The van der Waals surface area contributed by atoms with Crippen molar-refractivity contribution < 1.29 is 4.74 Å². The summed E-state index contributed by atoms with van der Waals surface area (Å²) in [6.07, 6.45) is 7.62. The standard InChI is InChI=1S/C15H29NO/c1-4-8-14(5-2)15-9-7-10-16(13-15)11-12-17-6-3/h5,15H,4,6-13H2,1-3H3/b14-5-. The quantitative estimate of drug-likeness (QED) is 0.498. The van der Waals surface area contributed by atoms with E-state index in [1.807, 2.05) is 0 Å². The van der Waals surface area contributed by atoms with E-state index < -0.39 is 0 Å². The molecule has 1 heterocycles. The Morgan fingerprint density at radius 3 is 2.88 bits per heavy atom. The number of allylic oxidation sites excluding steroid dienone is 1. The van der Waals surface area contributed by atoms with E-state index in [1.165, 1.54) is 38.8 Å². The zero-order valence-corrected chi connectivity index (χ0v) is 11.9. The van der Waals surface area contributed by atoms with Crippen LogP contribution in [0.15, 0.2) is 11.6 Å². The highest BCUT2D eigenvalue weighted by molar-refractivity contribution is 5.07. The Kier molecular flexibility index (Phi) is 7.54. The molecule has 0 aliphatic carbocycles. The Balaban J connectivity index is 2.37. The first-order chi connectivity index (χ1) is 8.31. The summed E-state index contributed by atoms with van der Waals surface area (Å²) in [6.45, 7) is 11.9. The lowest BCUT2D eigenvalue weighted by Crippen LogP contribution is -2.38. The highest BCUT2D eigenvalue weighted by atomic mass is 16.5. The maximum atomic E-state index is 5.45. The molecule has 0 bridgehead atoms. The first-order valence-electron chi connectivity index (χ1n) is 7.26. The van der Waals surface area contributed by atoms with Crippen LogP contribution in [0.5, 0.6) is 0 Å². The summed E-state index contributed by atoms with van der Waals surface area (Å²) in [7, 11) is 0. The fourth-order valence-electron chi connectivity index (χ4n) is 2.77. The molecule has 0 spiro atoms. The van der Waals surface area contributed by atoms with Crippen LogP contribution in [0.2, 0.25) is 0 Å². The van der Waals surface area contributed by atoms with Crippen LogP contribution in [0.4, 0.5) is 0 Å². The highest BCUT2D eigenvalue weighted by Gasteiger charge is 2.21. The molecule has 1 saturated heterocycles. The van der Waals surface area contributed by atoms with E-state index in [0.717, 1.165) is 25.7 Å². The summed E-state index contributed by atoms with van der Waals surface area (Å²) in [5.41, 5.74) is 1.67. The molecule has 2 nitrogen and oxygen atoms in total. The van der Waals surface area contributed by atoms with E-state index >= 15 is 0 Å². The summed E-state index contributed by atoms with van der Waals surface area (Å²) in [4.78, 5) is 2.57. The number of rotatable bonds is 7. The zero-order valence-electron chi connectivity index (χ0n) is 11.9. The van der Waals surface area contributed by atoms with Crippen molar-refractivity contribution in [1.29, 1.82) is 0 Å². The molecule has 0 N–H and O–H groups in total. The van der Waals surface area contributed by atoms with Gasteiger partial charge in [-0.3, -0.25) is 0 Å². The maximum absolute atomic E-state index is 5.45. The first kappa shape index (κ1) is 14.7. The summed E-state index contributed by atoms with van der Waals surface area (Å²) >= 11 is 0. The van der Waals surface area contributed by atoms with Gasteiger partial charge in [0.1, 0.15) is 0 Å². The SMILES string of the molecule is C/C=C(/CCC)C1CCCN(CCOCC)C1. The van der Waals surface area contributed by atoms with E-state index in [9.17, 15) is 0 Å². The number of hydrogen-bond donors (Lipinski definition) is 0. The largest absolute Gasteiger partial charge is 0.380 e. The van der Waals surface area contributed by atoms with Crippen molar-refractivity contribution >= 4 is 0 Å². The van der Waals surface area contributed by atoms with Gasteiger partial charge in [0, 0.05) is 19.7 Å². The molecule has 0 aromatic carbocycles. The molecule has 100 valence electrons. The minimum atomic E-state index is 0.801. The van der Waals surface area contributed by atoms with Gasteiger partial charge in [0.2, 0.25) is 0 Å². The number of nitrogens with zero attached hydrogens (tertiary/aromatic N) is 1. The first-order valence-corrected chi connectivity index (χ1v) is 7.26. The Hall–Kier alpha value is -0.340. The molecule has 1 rings (SSSR count). The fourth-order valence-corrected chi connectivity index (χ4v) is 2.77. The molecule has 1 aliphatic rings. The van der Waals surface area contributed by atoms with Crippen molar-refractivity contribution in [1.82, 2.24) is 4.90 Å². The van der Waals surface area contributed by atoms with Gasteiger partial charge in [-0.2, -0.15) is 0 Å². The van der Waals surface area contributed by atoms with Crippen molar-refractivity contribution in [2.45, 2.75) is 46.5 Å². The lowest BCUT2D eigenvalue weighted by atomic mass is 9.88. The third-order valence-corrected chi connectivity index (χ3v) is 3.70. The van der Waals surface area contributed by atoms with Crippen molar-refractivity contribution in [3.8, 4) is 0 Å². The van der Waals surface area contributed by atoms with Gasteiger partial charge in [-0.25, -0.2) is 0 Å². The van der Waals surface area contributed by atoms with E-state index in [1.54, 1.807) is 5.57 Å². The predicted molar refractivity (Wildman–Crippen MR) is 74.3 cm³/mol. The van der Waals surface area contributed by atoms with Crippen LogP contribution in [-0.4, -0.2) is 37.7 Å². The lowest BCUT2D eigenvalue weighted by molar-refractivity contribution is 0.0960. The van der Waals surface area contributed by atoms with E-state index in [0.29, 0.717) is 0 Å². The Morgan fingerprint density at radius 1 is 1.41 bits per heavy atom. The molecule has 1 fully saturated rings. The van der Waals surface area contributed by atoms with Gasteiger partial charge in [0.15, 0.2) is 0 Å². The Bertz CT molecular complexity index is 225. The molecule has 0 aromatic rings. The van der Waals surface area contributed by atoms with Crippen molar-refractivity contribution in [2.24, 2.45) is 5.92 Å². The molecule has 17 heavy (non-hydrogen) atoms. The van der Waals surface area contributed by atoms with Gasteiger partial charge in [-0.15, -0.1) is 0 Å². The van der Waals surface area contributed by atoms with E-state index in [4.69, 9.17) is 4.74 Å². The van der Waals surface area contributed by atoms with Crippen LogP contribution in [-0.2, 0) is 4.74 Å². The number of likely N-dealkylation sites (tertiary alicyclic amines) is 1. The predicted octanol–water partition coefficient (Wildman–Crippen LogP) is 3.48. The summed E-state index contributed by atoms with van der Waals surface area (Å²) < 4.78 is 5.45. The minimum Gasteiger partial charge on any atom is -0.380 e. The molecule has 2 heteroatoms. The molecule has 1 unspecified atom stereocenters. The Labute approximate surface area is 107 Å².